The number of benzene rings is 1. The highest BCUT2D eigenvalue weighted by Gasteiger charge is 2.27. The second kappa shape index (κ2) is 9.15. The van der Waals surface area contributed by atoms with Gasteiger partial charge in [0.1, 0.15) is 11.8 Å². The molecule has 28 heavy (non-hydrogen) atoms. The molecular formula is C20H23N5O3. The first-order valence-electron chi connectivity index (χ1n) is 9.32. The van der Waals surface area contributed by atoms with Gasteiger partial charge in [0.2, 0.25) is 0 Å². The predicted octanol–water partition coefficient (Wildman–Crippen LogP) is 2.11. The summed E-state index contributed by atoms with van der Waals surface area (Å²) in [5.41, 5.74) is 1.89. The Bertz CT molecular complexity index is 913. The van der Waals surface area contributed by atoms with Crippen LogP contribution in [0, 0.1) is 11.3 Å². The van der Waals surface area contributed by atoms with Crippen LogP contribution in [-0.4, -0.2) is 41.6 Å². The zero-order chi connectivity index (χ0) is 19.9. The van der Waals surface area contributed by atoms with Gasteiger partial charge in [-0.25, -0.2) is 4.98 Å². The lowest BCUT2D eigenvalue weighted by Crippen LogP contribution is -2.27. The van der Waals surface area contributed by atoms with Gasteiger partial charge in [-0.05, 0) is 37.8 Å². The van der Waals surface area contributed by atoms with Gasteiger partial charge in [-0.3, -0.25) is 9.59 Å². The number of methoxy groups -OCH3 is 1. The summed E-state index contributed by atoms with van der Waals surface area (Å²) in [6.07, 6.45) is 3.29. The van der Waals surface area contributed by atoms with Crippen molar-refractivity contribution >= 4 is 17.5 Å². The molecule has 0 saturated carbocycles. The fraction of sp³-hybridized carbons (Fsp3) is 0.400. The van der Waals surface area contributed by atoms with E-state index >= 15 is 0 Å². The Hall–Kier alpha value is -3.18. The molecule has 3 rings (SSSR count). The summed E-state index contributed by atoms with van der Waals surface area (Å²) < 4.78 is 6.80. The van der Waals surface area contributed by atoms with Crippen LogP contribution in [0.4, 0.5) is 5.69 Å². The van der Waals surface area contributed by atoms with E-state index in [0.717, 1.165) is 18.5 Å². The van der Waals surface area contributed by atoms with Gasteiger partial charge >= 0.3 is 0 Å². The summed E-state index contributed by atoms with van der Waals surface area (Å²) in [4.78, 5) is 29.8. The Morgan fingerprint density at radius 2 is 2.11 bits per heavy atom. The van der Waals surface area contributed by atoms with E-state index in [2.05, 4.69) is 21.7 Å². The highest BCUT2D eigenvalue weighted by atomic mass is 16.5. The van der Waals surface area contributed by atoms with Gasteiger partial charge in [-0.1, -0.05) is 12.1 Å². The number of fused-ring (bicyclic) bond motifs is 1. The van der Waals surface area contributed by atoms with Gasteiger partial charge in [0, 0.05) is 26.8 Å². The summed E-state index contributed by atoms with van der Waals surface area (Å²) in [5, 5.41) is 14.8. The normalized spacial score (nSPS) is 12.7. The third-order valence-corrected chi connectivity index (χ3v) is 4.64. The smallest absolute Gasteiger partial charge is 0.291 e. The molecule has 0 unspecified atom stereocenters. The third-order valence-electron chi connectivity index (χ3n) is 4.64. The zero-order valence-corrected chi connectivity index (χ0v) is 15.8. The van der Waals surface area contributed by atoms with E-state index < -0.39 is 5.91 Å². The van der Waals surface area contributed by atoms with E-state index in [1.807, 2.05) is 4.57 Å². The van der Waals surface area contributed by atoms with Gasteiger partial charge < -0.3 is 19.9 Å². The Morgan fingerprint density at radius 1 is 1.29 bits per heavy atom. The molecule has 1 aliphatic heterocycles. The number of imidazole rings is 1. The number of amides is 2. The summed E-state index contributed by atoms with van der Waals surface area (Å²) in [7, 11) is 1.61. The van der Waals surface area contributed by atoms with Crippen LogP contribution in [-0.2, 0) is 17.7 Å². The Balaban J connectivity index is 1.83. The molecule has 0 radical (unpaired) electrons. The molecule has 0 atom stereocenters. The lowest BCUT2D eigenvalue weighted by atomic mass is 10.1. The molecule has 0 aliphatic carbocycles. The number of nitriles is 1. The van der Waals surface area contributed by atoms with E-state index in [4.69, 9.17) is 4.74 Å². The van der Waals surface area contributed by atoms with Crippen LogP contribution in [0.5, 0.6) is 0 Å². The molecule has 8 nitrogen and oxygen atoms in total. The topological polar surface area (TPSA) is 109 Å². The number of carbonyl (C=O) groups is 2. The number of nitrogens with zero attached hydrogens (tertiary/aromatic N) is 3. The Kier molecular flexibility index (Phi) is 6.40. The predicted molar refractivity (Wildman–Crippen MR) is 103 cm³/mol. The quantitative estimate of drug-likeness (QED) is 0.714. The van der Waals surface area contributed by atoms with Crippen molar-refractivity contribution in [2.45, 2.75) is 32.2 Å². The van der Waals surface area contributed by atoms with E-state index in [1.165, 1.54) is 0 Å². The number of ether oxygens (including phenoxy) is 1. The van der Waals surface area contributed by atoms with Crippen LogP contribution in [0.15, 0.2) is 24.3 Å². The first kappa shape index (κ1) is 19.6. The van der Waals surface area contributed by atoms with Crippen LogP contribution in [0.25, 0.3) is 0 Å². The minimum absolute atomic E-state index is 0.199. The van der Waals surface area contributed by atoms with Gasteiger partial charge in [0.15, 0.2) is 5.82 Å². The average molecular weight is 381 g/mol. The van der Waals surface area contributed by atoms with Gasteiger partial charge in [0.05, 0.1) is 16.9 Å². The largest absolute Gasteiger partial charge is 0.385 e. The summed E-state index contributed by atoms with van der Waals surface area (Å²) in [6, 6.07) is 8.84. The molecular weight excluding hydrogens is 358 g/mol. The fourth-order valence-corrected chi connectivity index (χ4v) is 3.27. The lowest BCUT2D eigenvalue weighted by Gasteiger charge is -2.17. The maximum Gasteiger partial charge on any atom is 0.291 e. The van der Waals surface area contributed by atoms with Gasteiger partial charge in [-0.2, -0.15) is 5.26 Å². The number of anilines is 1. The van der Waals surface area contributed by atoms with Crippen LogP contribution in [0.1, 0.15) is 51.6 Å². The van der Waals surface area contributed by atoms with E-state index in [1.54, 1.807) is 31.4 Å². The van der Waals surface area contributed by atoms with Crippen molar-refractivity contribution in [3.63, 3.8) is 0 Å². The second-order valence-corrected chi connectivity index (χ2v) is 6.55. The molecule has 1 aromatic carbocycles. The molecule has 0 saturated heterocycles. The number of nitrogens with one attached hydrogen (secondary N) is 2. The number of hydrogen-bond acceptors (Lipinski definition) is 5. The summed E-state index contributed by atoms with van der Waals surface area (Å²) in [5.74, 6) is -0.507. The van der Waals surface area contributed by atoms with E-state index in [0.29, 0.717) is 49.5 Å². The van der Waals surface area contributed by atoms with Crippen molar-refractivity contribution in [3.8, 4) is 6.07 Å². The van der Waals surface area contributed by atoms with Crippen LogP contribution >= 0.6 is 0 Å². The minimum atomic E-state index is -0.427. The molecule has 1 aliphatic rings. The molecule has 0 fully saturated rings. The number of para-hydroxylation sites is 1. The third kappa shape index (κ3) is 4.21. The molecule has 2 heterocycles. The molecule has 146 valence electrons. The first-order valence-corrected chi connectivity index (χ1v) is 9.32. The second-order valence-electron chi connectivity index (χ2n) is 6.55. The molecule has 0 bridgehead atoms. The molecule has 2 N–H and O–H groups in total. The lowest BCUT2D eigenvalue weighted by molar-refractivity contribution is 0.0942. The van der Waals surface area contributed by atoms with Crippen LogP contribution in [0.2, 0.25) is 0 Å². The maximum atomic E-state index is 12.8. The Labute approximate surface area is 163 Å². The minimum Gasteiger partial charge on any atom is -0.385 e. The number of rotatable bonds is 7. The summed E-state index contributed by atoms with van der Waals surface area (Å²) in [6.45, 7) is 1.69. The molecule has 2 aromatic rings. The van der Waals surface area contributed by atoms with Gasteiger partial charge in [0.25, 0.3) is 11.8 Å². The number of hydrogen-bond donors (Lipinski definition) is 2. The van der Waals surface area contributed by atoms with Crippen molar-refractivity contribution in [2.75, 3.05) is 25.6 Å². The first-order chi connectivity index (χ1) is 13.7. The number of carbonyl (C=O) groups excluding carboxylic acids is 2. The van der Waals surface area contributed by atoms with Gasteiger partial charge in [-0.15, -0.1) is 0 Å². The van der Waals surface area contributed by atoms with Crippen molar-refractivity contribution in [1.29, 1.82) is 5.26 Å². The molecule has 2 amide bonds. The maximum absolute atomic E-state index is 12.8. The number of aromatic nitrogens is 2. The van der Waals surface area contributed by atoms with E-state index in [-0.39, 0.29) is 11.7 Å². The van der Waals surface area contributed by atoms with Crippen molar-refractivity contribution < 1.29 is 14.3 Å². The van der Waals surface area contributed by atoms with E-state index in [9.17, 15) is 14.9 Å². The highest BCUT2D eigenvalue weighted by Crippen LogP contribution is 2.22. The molecule has 1 aromatic heterocycles. The van der Waals surface area contributed by atoms with Crippen LogP contribution in [0.3, 0.4) is 0 Å². The highest BCUT2D eigenvalue weighted by molar-refractivity contribution is 6.04. The monoisotopic (exact) mass is 381 g/mol. The SMILES string of the molecule is COCCCNC(=O)c1nc(C(=O)Nc2ccccc2C#N)n2c1CCCC2. The average Bonchev–Trinajstić information content (AvgIpc) is 3.11. The Morgan fingerprint density at radius 3 is 2.89 bits per heavy atom. The van der Waals surface area contributed by atoms with Crippen molar-refractivity contribution in [1.82, 2.24) is 14.9 Å². The standard InChI is InChI=1S/C20H23N5O3/c1-28-12-6-10-22-19(26)17-16-9-4-5-11-25(16)18(24-17)20(27)23-15-8-3-2-7-14(15)13-21/h2-3,7-8H,4-6,9-12H2,1H3,(H,22,26)(H,23,27). The summed E-state index contributed by atoms with van der Waals surface area (Å²) >= 11 is 0. The fourth-order valence-electron chi connectivity index (χ4n) is 3.27. The van der Waals surface area contributed by atoms with Crippen molar-refractivity contribution in [3.05, 3.63) is 47.0 Å². The molecule has 0 spiro atoms. The van der Waals surface area contributed by atoms with Crippen molar-refractivity contribution in [2.24, 2.45) is 0 Å². The molecule has 8 heteroatoms. The van der Waals surface area contributed by atoms with Crippen LogP contribution < -0.4 is 10.6 Å². The zero-order valence-electron chi connectivity index (χ0n) is 15.8.